The van der Waals surface area contributed by atoms with Gasteiger partial charge in [-0.25, -0.2) is 0 Å². The Kier molecular flexibility index (Phi) is 4.71. The Balaban J connectivity index is 1.81. The van der Waals surface area contributed by atoms with Crippen molar-refractivity contribution in [2.75, 3.05) is 0 Å². The molecule has 1 aliphatic rings. The minimum Gasteiger partial charge on any atom is -0.299 e. The molecule has 1 amide bonds. The molecule has 1 aromatic heterocycles. The zero-order chi connectivity index (χ0) is 15.7. The third-order valence-corrected chi connectivity index (χ3v) is 6.29. The van der Waals surface area contributed by atoms with Gasteiger partial charge in [-0.3, -0.25) is 14.5 Å². The number of benzene rings is 1. The first kappa shape index (κ1) is 16.1. The van der Waals surface area contributed by atoms with Gasteiger partial charge in [0, 0.05) is 26.2 Å². The molecule has 116 valence electrons. The minimum atomic E-state index is -0.529. The summed E-state index contributed by atoms with van der Waals surface area (Å²) >= 11 is 6.64. The molecule has 0 spiro atoms. The zero-order valence-electron chi connectivity index (χ0n) is 12.4. The van der Waals surface area contributed by atoms with Crippen molar-refractivity contribution in [3.63, 3.8) is 0 Å². The smallest absolute Gasteiger partial charge is 0.245 e. The van der Waals surface area contributed by atoms with E-state index < -0.39 is 4.75 Å². The molecule has 22 heavy (non-hydrogen) atoms. The predicted octanol–water partition coefficient (Wildman–Crippen LogP) is 4.79. The normalized spacial score (nSPS) is 15.0. The SMILES string of the molecule is CC(C)(Sc1ccnc2ccc(Br)cc12)C(=O)NSC1CC1. The third kappa shape index (κ3) is 3.78. The van der Waals surface area contributed by atoms with E-state index in [1.54, 1.807) is 29.9 Å². The van der Waals surface area contributed by atoms with Crippen LogP contribution >= 0.6 is 39.6 Å². The number of fused-ring (bicyclic) bond motifs is 1. The molecule has 0 saturated heterocycles. The highest BCUT2D eigenvalue weighted by Gasteiger charge is 2.32. The number of hydrogen-bond acceptors (Lipinski definition) is 4. The molecule has 0 bridgehead atoms. The fourth-order valence-corrected chi connectivity index (χ4v) is 4.37. The summed E-state index contributed by atoms with van der Waals surface area (Å²) in [6, 6.07) is 7.99. The van der Waals surface area contributed by atoms with Crippen LogP contribution in [0, 0.1) is 0 Å². The summed E-state index contributed by atoms with van der Waals surface area (Å²) in [7, 11) is 0. The van der Waals surface area contributed by atoms with Gasteiger partial charge in [-0.2, -0.15) is 0 Å². The van der Waals surface area contributed by atoms with Crippen LogP contribution in [-0.2, 0) is 4.79 Å². The minimum absolute atomic E-state index is 0.0642. The van der Waals surface area contributed by atoms with Crippen LogP contribution in [0.3, 0.4) is 0 Å². The summed E-state index contributed by atoms with van der Waals surface area (Å²) in [5, 5.41) is 1.68. The fraction of sp³-hybridized carbons (Fsp3) is 0.375. The lowest BCUT2D eigenvalue weighted by Crippen LogP contribution is -2.36. The molecule has 0 aliphatic heterocycles. The molecule has 0 radical (unpaired) electrons. The molecular weight excluding hydrogens is 380 g/mol. The third-order valence-electron chi connectivity index (χ3n) is 3.42. The number of thioether (sulfide) groups is 1. The first-order valence-corrected chi connectivity index (χ1v) is 9.64. The van der Waals surface area contributed by atoms with Crippen LogP contribution < -0.4 is 4.72 Å². The van der Waals surface area contributed by atoms with Crippen LogP contribution in [0.4, 0.5) is 0 Å². The maximum Gasteiger partial charge on any atom is 0.245 e. The van der Waals surface area contributed by atoms with E-state index in [9.17, 15) is 4.79 Å². The maximum absolute atomic E-state index is 12.4. The number of halogens is 1. The van der Waals surface area contributed by atoms with E-state index in [1.165, 1.54) is 12.8 Å². The highest BCUT2D eigenvalue weighted by Crippen LogP contribution is 2.38. The summed E-state index contributed by atoms with van der Waals surface area (Å²) in [5.41, 5.74) is 0.941. The second kappa shape index (κ2) is 6.42. The standard InChI is InChI=1S/C16H17BrN2OS2/c1-16(2,15(20)19-22-11-4-5-11)21-14-7-8-18-13-6-3-10(17)9-12(13)14/h3,6-9,11H,4-5H2,1-2H3,(H,19,20). The van der Waals surface area contributed by atoms with Crippen LogP contribution in [-0.4, -0.2) is 20.9 Å². The van der Waals surface area contributed by atoms with E-state index >= 15 is 0 Å². The summed E-state index contributed by atoms with van der Waals surface area (Å²) in [6.45, 7) is 3.93. The molecule has 0 atom stereocenters. The first-order chi connectivity index (χ1) is 10.5. The molecule has 1 heterocycles. The highest BCUT2D eigenvalue weighted by atomic mass is 79.9. The first-order valence-electron chi connectivity index (χ1n) is 7.15. The van der Waals surface area contributed by atoms with Crippen molar-refractivity contribution < 1.29 is 4.79 Å². The lowest BCUT2D eigenvalue weighted by molar-refractivity contribution is -0.120. The van der Waals surface area contributed by atoms with Crippen molar-refractivity contribution >= 4 is 56.4 Å². The second-order valence-electron chi connectivity index (χ2n) is 5.83. The van der Waals surface area contributed by atoms with Gasteiger partial charge in [-0.15, -0.1) is 11.8 Å². The largest absolute Gasteiger partial charge is 0.299 e. The van der Waals surface area contributed by atoms with E-state index in [0.717, 1.165) is 20.3 Å². The maximum atomic E-state index is 12.4. The molecule has 1 saturated carbocycles. The molecule has 1 aliphatic carbocycles. The van der Waals surface area contributed by atoms with Gasteiger partial charge in [-0.1, -0.05) is 15.9 Å². The van der Waals surface area contributed by atoms with Gasteiger partial charge >= 0.3 is 0 Å². The number of hydrogen-bond donors (Lipinski definition) is 1. The number of amides is 1. The van der Waals surface area contributed by atoms with E-state index in [2.05, 4.69) is 31.7 Å². The monoisotopic (exact) mass is 396 g/mol. The van der Waals surface area contributed by atoms with Crippen molar-refractivity contribution in [1.82, 2.24) is 9.71 Å². The van der Waals surface area contributed by atoms with Crippen LogP contribution in [0.2, 0.25) is 0 Å². The van der Waals surface area contributed by atoms with Crippen LogP contribution in [0.15, 0.2) is 39.8 Å². The van der Waals surface area contributed by atoms with Crippen molar-refractivity contribution in [1.29, 1.82) is 0 Å². The Hall–Kier alpha value is -0.720. The van der Waals surface area contributed by atoms with E-state index in [0.29, 0.717) is 5.25 Å². The summed E-state index contributed by atoms with van der Waals surface area (Å²) in [6.07, 6.45) is 4.22. The average molecular weight is 397 g/mol. The molecule has 1 N–H and O–H groups in total. The number of nitrogens with one attached hydrogen (secondary N) is 1. The zero-order valence-corrected chi connectivity index (χ0v) is 15.6. The van der Waals surface area contributed by atoms with Gasteiger partial charge in [-0.05, 0) is 62.9 Å². The Morgan fingerprint density at radius 3 is 2.86 bits per heavy atom. The van der Waals surface area contributed by atoms with Gasteiger partial charge in [0.2, 0.25) is 5.91 Å². The summed E-state index contributed by atoms with van der Waals surface area (Å²) in [5.74, 6) is 0.0642. The summed E-state index contributed by atoms with van der Waals surface area (Å²) in [4.78, 5) is 17.9. The van der Waals surface area contributed by atoms with Gasteiger partial charge in [0.15, 0.2) is 0 Å². The molecule has 1 aromatic carbocycles. The van der Waals surface area contributed by atoms with Gasteiger partial charge in [0.25, 0.3) is 0 Å². The van der Waals surface area contributed by atoms with Crippen LogP contribution in [0.1, 0.15) is 26.7 Å². The number of carbonyl (C=O) groups is 1. The van der Waals surface area contributed by atoms with E-state index in [4.69, 9.17) is 0 Å². The van der Waals surface area contributed by atoms with E-state index in [-0.39, 0.29) is 5.91 Å². The molecule has 6 heteroatoms. The number of nitrogens with zero attached hydrogens (tertiary/aromatic N) is 1. The molecule has 3 nitrogen and oxygen atoms in total. The van der Waals surface area contributed by atoms with Crippen molar-refractivity contribution in [3.05, 3.63) is 34.9 Å². The Morgan fingerprint density at radius 2 is 2.14 bits per heavy atom. The number of carbonyl (C=O) groups excluding carboxylic acids is 1. The fourth-order valence-electron chi connectivity index (χ4n) is 1.95. The van der Waals surface area contributed by atoms with Crippen molar-refractivity contribution in [2.24, 2.45) is 0 Å². The Labute approximate surface area is 147 Å². The highest BCUT2D eigenvalue weighted by molar-refractivity contribution is 9.10. The van der Waals surface area contributed by atoms with Crippen LogP contribution in [0.5, 0.6) is 0 Å². The predicted molar refractivity (Wildman–Crippen MR) is 98.1 cm³/mol. The van der Waals surface area contributed by atoms with Gasteiger partial charge < -0.3 is 0 Å². The number of pyridine rings is 1. The van der Waals surface area contributed by atoms with Crippen LogP contribution in [0.25, 0.3) is 10.9 Å². The van der Waals surface area contributed by atoms with E-state index in [1.807, 2.05) is 32.0 Å². The topological polar surface area (TPSA) is 42.0 Å². The molecular formula is C16H17BrN2OS2. The average Bonchev–Trinajstić information content (AvgIpc) is 3.29. The van der Waals surface area contributed by atoms with Gasteiger partial charge in [0.1, 0.15) is 0 Å². The Bertz CT molecular complexity index is 716. The molecule has 3 rings (SSSR count). The van der Waals surface area contributed by atoms with Crippen molar-refractivity contribution in [3.8, 4) is 0 Å². The Morgan fingerprint density at radius 1 is 1.36 bits per heavy atom. The lowest BCUT2D eigenvalue weighted by atomic mass is 10.2. The number of rotatable bonds is 5. The van der Waals surface area contributed by atoms with Gasteiger partial charge in [0.05, 0.1) is 10.3 Å². The molecule has 2 aromatic rings. The molecule has 0 unspecified atom stereocenters. The quantitative estimate of drug-likeness (QED) is 0.582. The lowest BCUT2D eigenvalue weighted by Gasteiger charge is -2.23. The summed E-state index contributed by atoms with van der Waals surface area (Å²) < 4.78 is 3.48. The molecule has 1 fully saturated rings. The second-order valence-corrected chi connectivity index (χ2v) is 9.52. The number of aromatic nitrogens is 1. The van der Waals surface area contributed by atoms with Crippen molar-refractivity contribution in [2.45, 2.75) is 41.6 Å².